The number of hydrogen-bond donors (Lipinski definition) is 1. The number of para-hydroxylation sites is 1. The Balaban J connectivity index is 1.54. The van der Waals surface area contributed by atoms with Crippen molar-refractivity contribution >= 4 is 39.4 Å². The summed E-state index contributed by atoms with van der Waals surface area (Å²) in [7, 11) is 3.01. The molecule has 1 aliphatic heterocycles. The maximum absolute atomic E-state index is 13.9. The van der Waals surface area contributed by atoms with Crippen molar-refractivity contribution in [2.45, 2.75) is 56.0 Å². The number of β-lactam (4-membered cyclic amide) rings is 1. The van der Waals surface area contributed by atoms with Crippen molar-refractivity contribution in [1.29, 1.82) is 0 Å². The van der Waals surface area contributed by atoms with Crippen molar-refractivity contribution < 1.29 is 23.9 Å². The van der Waals surface area contributed by atoms with Gasteiger partial charge in [0.15, 0.2) is 18.8 Å². The Kier molecular flexibility index (Phi) is 10.4. The van der Waals surface area contributed by atoms with Crippen LogP contribution in [0.5, 0.6) is 5.75 Å². The highest BCUT2D eigenvalue weighted by Gasteiger charge is 2.54. The fourth-order valence-electron chi connectivity index (χ4n) is 4.39. The molecule has 42 heavy (non-hydrogen) atoms. The maximum atomic E-state index is 13.9. The second-order valence-electron chi connectivity index (χ2n) is 11.0. The number of benzene rings is 3. The number of hydrogen-bond acceptors (Lipinski definition) is 7. The van der Waals surface area contributed by atoms with Crippen LogP contribution >= 0.6 is 21.6 Å². The van der Waals surface area contributed by atoms with E-state index in [1.807, 2.05) is 78.9 Å². The van der Waals surface area contributed by atoms with Crippen molar-refractivity contribution in [3.05, 3.63) is 114 Å². The van der Waals surface area contributed by atoms with Gasteiger partial charge in [-0.2, -0.15) is 0 Å². The van der Waals surface area contributed by atoms with Crippen LogP contribution in [0.1, 0.15) is 44.9 Å². The topological polar surface area (TPSA) is 84.9 Å². The Bertz CT molecular complexity index is 1340. The Hall–Kier alpha value is -3.69. The van der Waals surface area contributed by atoms with Crippen LogP contribution < -0.4 is 10.1 Å². The fraction of sp³-hybridized carbons (Fsp3) is 0.303. The van der Waals surface area contributed by atoms with E-state index in [1.54, 1.807) is 29.9 Å². The van der Waals surface area contributed by atoms with Crippen LogP contribution in [0.4, 0.5) is 0 Å². The lowest BCUT2D eigenvalue weighted by Gasteiger charge is -2.49. The number of nitrogens with zero attached hydrogens (tertiary/aromatic N) is 1. The molecule has 0 spiro atoms. The van der Waals surface area contributed by atoms with Crippen molar-refractivity contribution in [1.82, 2.24) is 10.2 Å². The molecule has 1 fully saturated rings. The summed E-state index contributed by atoms with van der Waals surface area (Å²) in [6.07, 6.45) is -0.668. The van der Waals surface area contributed by atoms with Crippen LogP contribution in [-0.2, 0) is 19.1 Å². The first kappa shape index (κ1) is 31.3. The van der Waals surface area contributed by atoms with Gasteiger partial charge in [0.25, 0.3) is 5.91 Å². The molecule has 3 aromatic carbocycles. The Labute approximate surface area is 255 Å². The van der Waals surface area contributed by atoms with Gasteiger partial charge in [0.2, 0.25) is 5.91 Å². The number of likely N-dealkylation sites (tertiary alicyclic amines) is 1. The summed E-state index contributed by atoms with van der Waals surface area (Å²) in [6, 6.07) is 26.1. The number of amides is 2. The van der Waals surface area contributed by atoms with Crippen molar-refractivity contribution in [3.8, 4) is 5.75 Å². The number of carbonyl (C=O) groups is 3. The molecule has 0 aromatic heterocycles. The van der Waals surface area contributed by atoms with Crippen LogP contribution in [0, 0.1) is 0 Å². The van der Waals surface area contributed by atoms with E-state index in [1.165, 1.54) is 15.7 Å². The molecule has 3 aromatic rings. The van der Waals surface area contributed by atoms with E-state index in [0.717, 1.165) is 11.1 Å². The third-order valence-electron chi connectivity index (χ3n) is 6.31. The molecule has 2 amide bonds. The minimum absolute atomic E-state index is 0.134. The summed E-state index contributed by atoms with van der Waals surface area (Å²) in [5, 5.41) is 2.28. The highest BCUT2D eigenvalue weighted by molar-refractivity contribution is 8.77. The van der Waals surface area contributed by atoms with Crippen LogP contribution in [0.3, 0.4) is 0 Å². The highest BCUT2D eigenvalue weighted by atomic mass is 33.1. The molecule has 3 atom stereocenters. The second kappa shape index (κ2) is 14.0. The summed E-state index contributed by atoms with van der Waals surface area (Å²) >= 11 is 0. The molecule has 7 nitrogen and oxygen atoms in total. The second-order valence-corrected chi connectivity index (χ2v) is 14.1. The molecule has 0 unspecified atom stereocenters. The predicted octanol–water partition coefficient (Wildman–Crippen LogP) is 6.18. The first-order valence-corrected chi connectivity index (χ1v) is 15.9. The molecule has 1 N–H and O–H groups in total. The van der Waals surface area contributed by atoms with E-state index < -0.39 is 35.4 Å². The molecule has 220 valence electrons. The van der Waals surface area contributed by atoms with Gasteiger partial charge in [0, 0.05) is 4.75 Å². The average Bonchev–Trinajstić information content (AvgIpc) is 2.98. The quantitative estimate of drug-likeness (QED) is 0.114. The average molecular weight is 605 g/mol. The van der Waals surface area contributed by atoms with Gasteiger partial charge in [-0.05, 0) is 35.8 Å². The lowest BCUT2D eigenvalue weighted by molar-refractivity contribution is -0.165. The summed E-state index contributed by atoms with van der Waals surface area (Å²) in [5.74, 6) is -0.834. The van der Waals surface area contributed by atoms with E-state index in [9.17, 15) is 14.4 Å². The molecule has 4 rings (SSSR count). The number of nitrogens with one attached hydrogen (secondary N) is 1. The Morgan fingerprint density at radius 3 is 1.95 bits per heavy atom. The monoisotopic (exact) mass is 604 g/mol. The first-order valence-electron chi connectivity index (χ1n) is 13.6. The van der Waals surface area contributed by atoms with Crippen LogP contribution in [0.15, 0.2) is 103 Å². The molecular formula is C33H36N2O5S2. The zero-order valence-corrected chi connectivity index (χ0v) is 25.8. The number of rotatable bonds is 12. The third-order valence-corrected chi connectivity index (χ3v) is 9.99. The van der Waals surface area contributed by atoms with Crippen molar-refractivity contribution in [2.24, 2.45) is 0 Å². The van der Waals surface area contributed by atoms with Gasteiger partial charge in [0.05, 0.1) is 0 Å². The minimum Gasteiger partial charge on any atom is -0.484 e. The summed E-state index contributed by atoms with van der Waals surface area (Å²) in [5.41, 5.74) is 2.09. The minimum atomic E-state index is -1.03. The molecule has 0 aliphatic carbocycles. The summed E-state index contributed by atoms with van der Waals surface area (Å²) in [6.45, 7) is 11.7. The van der Waals surface area contributed by atoms with Gasteiger partial charge in [-0.15, -0.1) is 0 Å². The van der Waals surface area contributed by atoms with Gasteiger partial charge in [-0.1, -0.05) is 128 Å². The van der Waals surface area contributed by atoms with E-state index in [-0.39, 0.29) is 17.3 Å². The largest absolute Gasteiger partial charge is 0.484 e. The molecule has 0 radical (unpaired) electrons. The summed E-state index contributed by atoms with van der Waals surface area (Å²) < 4.78 is 11.6. The Morgan fingerprint density at radius 1 is 0.929 bits per heavy atom. The van der Waals surface area contributed by atoms with E-state index in [2.05, 4.69) is 32.7 Å². The highest BCUT2D eigenvalue weighted by Crippen LogP contribution is 2.45. The van der Waals surface area contributed by atoms with Crippen LogP contribution in [0.25, 0.3) is 0 Å². The van der Waals surface area contributed by atoms with Crippen molar-refractivity contribution in [2.75, 3.05) is 6.61 Å². The molecule has 9 heteroatoms. The zero-order chi connectivity index (χ0) is 30.3. The third kappa shape index (κ3) is 7.98. The lowest BCUT2D eigenvalue weighted by atomic mass is 9.98. The van der Waals surface area contributed by atoms with E-state index >= 15 is 0 Å². The number of carbonyl (C=O) groups excluding carboxylic acids is 3. The van der Waals surface area contributed by atoms with Gasteiger partial charge in [0.1, 0.15) is 17.2 Å². The fourth-order valence-corrected chi connectivity index (χ4v) is 7.16. The van der Waals surface area contributed by atoms with Gasteiger partial charge < -0.3 is 19.7 Å². The standard InChI is InChI=1S/C33H36N2O5S2/c1-22(2)28(32(38)40-29(23-15-9-6-10-16-23)24-17-11-7-12-18-24)35-30(37)27(31(35)41-42-33(3,4)5)34-26(36)21-39-25-19-13-8-14-20-25/h6-20,27-29,31H,1,21H2,2-5H3,(H,34,36)/t27-,28-,31-/m1/s1. The Morgan fingerprint density at radius 2 is 1.45 bits per heavy atom. The molecular weight excluding hydrogens is 569 g/mol. The van der Waals surface area contributed by atoms with E-state index in [0.29, 0.717) is 11.3 Å². The van der Waals surface area contributed by atoms with Gasteiger partial charge in [-0.3, -0.25) is 9.59 Å². The molecule has 1 aliphatic rings. The van der Waals surface area contributed by atoms with Crippen molar-refractivity contribution in [3.63, 3.8) is 0 Å². The van der Waals surface area contributed by atoms with E-state index in [4.69, 9.17) is 9.47 Å². The SMILES string of the molecule is C=C(C)[C@H](C(=O)OC(c1ccccc1)c1ccccc1)N1C(=O)[C@@H](NC(=O)COc2ccccc2)[C@H]1SSC(C)(C)C. The van der Waals surface area contributed by atoms with Crippen LogP contribution in [0.2, 0.25) is 0 Å². The zero-order valence-electron chi connectivity index (χ0n) is 24.2. The molecule has 0 saturated carbocycles. The van der Waals surface area contributed by atoms with Crippen LogP contribution in [-0.4, -0.2) is 51.5 Å². The molecule has 0 bridgehead atoms. The first-order chi connectivity index (χ1) is 20.0. The normalized spacial score (nSPS) is 17.3. The lowest BCUT2D eigenvalue weighted by Crippen LogP contribution is -2.73. The smallest absolute Gasteiger partial charge is 0.334 e. The van der Waals surface area contributed by atoms with Gasteiger partial charge in [-0.25, -0.2) is 4.79 Å². The number of esters is 1. The predicted molar refractivity (Wildman–Crippen MR) is 169 cm³/mol. The molecule has 1 saturated heterocycles. The number of ether oxygens (including phenoxy) is 2. The van der Waals surface area contributed by atoms with Gasteiger partial charge >= 0.3 is 5.97 Å². The summed E-state index contributed by atoms with van der Waals surface area (Å²) in [4.78, 5) is 41.7. The maximum Gasteiger partial charge on any atom is 0.334 e. The molecule has 1 heterocycles.